The highest BCUT2D eigenvalue weighted by molar-refractivity contribution is 5.77. The third kappa shape index (κ3) is 5.14. The van der Waals surface area contributed by atoms with Gasteiger partial charge in [0.2, 0.25) is 5.91 Å². The van der Waals surface area contributed by atoms with Crippen molar-refractivity contribution in [2.45, 2.75) is 71.8 Å². The number of ether oxygens (including phenoxy) is 1. The quantitative estimate of drug-likeness (QED) is 0.674. The van der Waals surface area contributed by atoms with E-state index in [9.17, 15) is 9.59 Å². The largest absolute Gasteiger partial charge is 0.466 e. The van der Waals surface area contributed by atoms with E-state index in [1.807, 2.05) is 11.8 Å². The van der Waals surface area contributed by atoms with Gasteiger partial charge in [-0.15, -0.1) is 0 Å². The van der Waals surface area contributed by atoms with Gasteiger partial charge in [0.25, 0.3) is 0 Å². The molecule has 0 N–H and O–H groups in total. The first kappa shape index (κ1) is 17.0. The van der Waals surface area contributed by atoms with Crippen LogP contribution < -0.4 is 0 Å². The average molecular weight is 283 g/mol. The average Bonchev–Trinajstić information content (AvgIpc) is 2.41. The van der Waals surface area contributed by atoms with Crippen LogP contribution in [0.25, 0.3) is 0 Å². The second kappa shape index (κ2) is 8.98. The van der Waals surface area contributed by atoms with Crippen LogP contribution in [0.5, 0.6) is 0 Å². The van der Waals surface area contributed by atoms with Gasteiger partial charge in [0.05, 0.1) is 13.0 Å². The van der Waals surface area contributed by atoms with Crippen molar-refractivity contribution in [2.75, 3.05) is 13.2 Å². The minimum atomic E-state index is -0.203. The Balaban J connectivity index is 2.63. The molecular formula is C16H29NO3. The van der Waals surface area contributed by atoms with Crippen molar-refractivity contribution >= 4 is 11.9 Å². The van der Waals surface area contributed by atoms with Gasteiger partial charge in [0.1, 0.15) is 0 Å². The standard InChI is InChI=1S/C16H29NO3/c1-4-8-15(18)17(12-11-16(19)20-5-2)14-10-7-6-9-13(14)3/h13-14H,4-12H2,1-3H3. The molecule has 0 aromatic heterocycles. The lowest BCUT2D eigenvalue weighted by Gasteiger charge is -2.38. The van der Waals surface area contributed by atoms with Crippen LogP contribution in [0.3, 0.4) is 0 Å². The molecule has 0 aromatic carbocycles. The van der Waals surface area contributed by atoms with Crippen molar-refractivity contribution in [1.29, 1.82) is 0 Å². The highest BCUT2D eigenvalue weighted by Gasteiger charge is 2.30. The third-order valence-corrected chi connectivity index (χ3v) is 4.11. The van der Waals surface area contributed by atoms with Gasteiger partial charge in [0.15, 0.2) is 0 Å². The van der Waals surface area contributed by atoms with Crippen LogP contribution in [0, 0.1) is 5.92 Å². The van der Waals surface area contributed by atoms with E-state index in [1.165, 1.54) is 19.3 Å². The summed E-state index contributed by atoms with van der Waals surface area (Å²) in [5, 5.41) is 0. The van der Waals surface area contributed by atoms with Crippen molar-refractivity contribution in [3.63, 3.8) is 0 Å². The van der Waals surface area contributed by atoms with Gasteiger partial charge >= 0.3 is 5.97 Å². The van der Waals surface area contributed by atoms with Gasteiger partial charge in [-0.05, 0) is 32.1 Å². The van der Waals surface area contributed by atoms with Crippen molar-refractivity contribution < 1.29 is 14.3 Å². The van der Waals surface area contributed by atoms with E-state index in [0.717, 1.165) is 12.8 Å². The second-order valence-electron chi connectivity index (χ2n) is 5.72. The third-order valence-electron chi connectivity index (χ3n) is 4.11. The number of nitrogens with zero attached hydrogens (tertiary/aromatic N) is 1. The van der Waals surface area contributed by atoms with Crippen molar-refractivity contribution in [3.8, 4) is 0 Å². The Kier molecular flexibility index (Phi) is 7.63. The lowest BCUT2D eigenvalue weighted by atomic mass is 9.84. The summed E-state index contributed by atoms with van der Waals surface area (Å²) in [5.41, 5.74) is 0. The number of esters is 1. The molecule has 116 valence electrons. The van der Waals surface area contributed by atoms with Crippen LogP contribution in [0.1, 0.15) is 65.7 Å². The highest BCUT2D eigenvalue weighted by atomic mass is 16.5. The number of rotatable bonds is 7. The molecule has 0 radical (unpaired) electrons. The minimum Gasteiger partial charge on any atom is -0.466 e. The molecule has 0 aliphatic heterocycles. The van der Waals surface area contributed by atoms with Crippen LogP contribution in [-0.4, -0.2) is 36.0 Å². The van der Waals surface area contributed by atoms with Crippen LogP contribution in [0.2, 0.25) is 0 Å². The lowest BCUT2D eigenvalue weighted by molar-refractivity contribution is -0.145. The zero-order valence-electron chi connectivity index (χ0n) is 13.2. The highest BCUT2D eigenvalue weighted by Crippen LogP contribution is 2.28. The Hall–Kier alpha value is -1.06. The number of hydrogen-bond donors (Lipinski definition) is 0. The molecule has 0 heterocycles. The number of carbonyl (C=O) groups excluding carboxylic acids is 2. The molecule has 2 unspecified atom stereocenters. The fourth-order valence-corrected chi connectivity index (χ4v) is 3.04. The molecule has 1 rings (SSSR count). The normalized spacial score (nSPS) is 22.4. The van der Waals surface area contributed by atoms with E-state index in [0.29, 0.717) is 38.0 Å². The van der Waals surface area contributed by atoms with E-state index in [-0.39, 0.29) is 11.9 Å². The van der Waals surface area contributed by atoms with Gasteiger partial charge in [-0.3, -0.25) is 9.59 Å². The molecule has 0 aromatic rings. The molecular weight excluding hydrogens is 254 g/mol. The summed E-state index contributed by atoms with van der Waals surface area (Å²) in [4.78, 5) is 25.8. The predicted octanol–water partition coefficient (Wildman–Crippen LogP) is 3.15. The molecule has 0 bridgehead atoms. The van der Waals surface area contributed by atoms with Gasteiger partial charge < -0.3 is 9.64 Å². The molecule has 1 aliphatic rings. The fraction of sp³-hybridized carbons (Fsp3) is 0.875. The summed E-state index contributed by atoms with van der Waals surface area (Å²) in [5.74, 6) is 0.521. The van der Waals surface area contributed by atoms with Crippen LogP contribution in [0.15, 0.2) is 0 Å². The van der Waals surface area contributed by atoms with Crippen molar-refractivity contribution in [3.05, 3.63) is 0 Å². The fourth-order valence-electron chi connectivity index (χ4n) is 3.04. The van der Waals surface area contributed by atoms with Gasteiger partial charge in [-0.2, -0.15) is 0 Å². The topological polar surface area (TPSA) is 46.6 Å². The zero-order chi connectivity index (χ0) is 15.0. The van der Waals surface area contributed by atoms with Gasteiger partial charge in [-0.25, -0.2) is 0 Å². The van der Waals surface area contributed by atoms with Crippen LogP contribution in [-0.2, 0) is 14.3 Å². The van der Waals surface area contributed by atoms with Gasteiger partial charge in [0, 0.05) is 19.0 Å². The first-order valence-electron chi connectivity index (χ1n) is 8.05. The number of carbonyl (C=O) groups is 2. The molecule has 1 saturated carbocycles. The molecule has 4 nitrogen and oxygen atoms in total. The Morgan fingerprint density at radius 2 is 1.85 bits per heavy atom. The molecule has 2 atom stereocenters. The maximum Gasteiger partial charge on any atom is 0.307 e. The summed E-state index contributed by atoms with van der Waals surface area (Å²) in [6.07, 6.45) is 6.43. The monoisotopic (exact) mass is 283 g/mol. The SMILES string of the molecule is CCCC(=O)N(CCC(=O)OCC)C1CCCCC1C. The molecule has 0 saturated heterocycles. The first-order valence-corrected chi connectivity index (χ1v) is 8.05. The Morgan fingerprint density at radius 1 is 1.15 bits per heavy atom. The molecule has 1 aliphatic carbocycles. The summed E-state index contributed by atoms with van der Waals surface area (Å²) in [6.45, 7) is 6.96. The van der Waals surface area contributed by atoms with Crippen molar-refractivity contribution in [1.82, 2.24) is 4.90 Å². The Bertz CT molecular complexity index is 317. The second-order valence-corrected chi connectivity index (χ2v) is 5.72. The predicted molar refractivity (Wildman–Crippen MR) is 79.3 cm³/mol. The van der Waals surface area contributed by atoms with E-state index in [2.05, 4.69) is 6.92 Å². The summed E-state index contributed by atoms with van der Waals surface area (Å²) in [6, 6.07) is 0.303. The molecule has 1 fully saturated rings. The minimum absolute atomic E-state index is 0.190. The molecule has 1 amide bonds. The van der Waals surface area contributed by atoms with E-state index in [4.69, 9.17) is 4.74 Å². The molecule has 20 heavy (non-hydrogen) atoms. The maximum atomic E-state index is 12.3. The van der Waals surface area contributed by atoms with Gasteiger partial charge in [-0.1, -0.05) is 26.7 Å². The molecule has 4 heteroatoms. The summed E-state index contributed by atoms with van der Waals surface area (Å²) >= 11 is 0. The van der Waals surface area contributed by atoms with E-state index < -0.39 is 0 Å². The van der Waals surface area contributed by atoms with Crippen molar-refractivity contribution in [2.24, 2.45) is 5.92 Å². The Labute approximate surface area is 122 Å². The maximum absolute atomic E-state index is 12.3. The van der Waals surface area contributed by atoms with Crippen LogP contribution >= 0.6 is 0 Å². The van der Waals surface area contributed by atoms with Crippen LogP contribution in [0.4, 0.5) is 0 Å². The Morgan fingerprint density at radius 3 is 2.45 bits per heavy atom. The number of amides is 1. The first-order chi connectivity index (χ1) is 9.60. The zero-order valence-corrected chi connectivity index (χ0v) is 13.2. The summed E-state index contributed by atoms with van der Waals surface area (Å²) < 4.78 is 4.97. The van der Waals surface area contributed by atoms with E-state index in [1.54, 1.807) is 6.92 Å². The molecule has 0 spiro atoms. The van der Waals surface area contributed by atoms with E-state index >= 15 is 0 Å². The lowest BCUT2D eigenvalue weighted by Crippen LogP contribution is -2.46. The summed E-state index contributed by atoms with van der Waals surface area (Å²) in [7, 11) is 0. The number of hydrogen-bond acceptors (Lipinski definition) is 3. The smallest absolute Gasteiger partial charge is 0.307 e.